The Hall–Kier alpha value is -4.22. The quantitative estimate of drug-likeness (QED) is 0.489. The van der Waals surface area contributed by atoms with Crippen LogP contribution in [0.1, 0.15) is 0 Å². The van der Waals surface area contributed by atoms with Gasteiger partial charge in [-0.3, -0.25) is 24.0 Å². The van der Waals surface area contributed by atoms with Crippen LogP contribution < -0.4 is 21.3 Å². The molecule has 3 aromatic heterocycles. The van der Waals surface area contributed by atoms with Gasteiger partial charge >= 0.3 is 11.7 Å². The molecule has 1 N–H and O–H groups in total. The smallest absolute Gasteiger partial charge is 0.332 e. The van der Waals surface area contributed by atoms with E-state index in [4.69, 9.17) is 9.15 Å². The molecule has 4 rings (SSSR count). The number of nitrogens with one attached hydrogen (secondary N) is 1. The number of nitrogens with zero attached hydrogens (tertiary/aromatic N) is 6. The lowest BCUT2D eigenvalue weighted by molar-refractivity contribution is -0.116. The molecular weight excluding hydrogens is 394 g/mol. The second kappa shape index (κ2) is 7.31. The van der Waals surface area contributed by atoms with Crippen molar-refractivity contribution in [2.45, 2.75) is 6.54 Å². The average molecular weight is 411 g/mol. The van der Waals surface area contributed by atoms with E-state index in [0.29, 0.717) is 11.3 Å². The van der Waals surface area contributed by atoms with E-state index in [-0.39, 0.29) is 29.6 Å². The number of rotatable bonds is 5. The van der Waals surface area contributed by atoms with Crippen LogP contribution in [0, 0.1) is 0 Å². The molecule has 0 saturated heterocycles. The minimum atomic E-state index is -0.545. The molecule has 0 atom stereocenters. The van der Waals surface area contributed by atoms with Crippen LogP contribution in [-0.4, -0.2) is 41.9 Å². The Bertz CT molecular complexity index is 1380. The van der Waals surface area contributed by atoms with Gasteiger partial charge in [-0.1, -0.05) is 11.2 Å². The minimum Gasteiger partial charge on any atom is -0.497 e. The molecule has 12 nitrogen and oxygen atoms in total. The van der Waals surface area contributed by atoms with Gasteiger partial charge in [0, 0.05) is 19.7 Å². The number of fused-ring (bicyclic) bond motifs is 1. The number of aryl methyl sites for hydroxylation is 1. The number of carbonyl (C=O) groups is 1. The van der Waals surface area contributed by atoms with Crippen LogP contribution in [0.15, 0.2) is 44.6 Å². The zero-order chi connectivity index (χ0) is 21.4. The molecule has 0 aliphatic rings. The topological polar surface area (TPSA) is 139 Å². The van der Waals surface area contributed by atoms with Crippen molar-refractivity contribution in [3.63, 3.8) is 0 Å². The molecule has 0 radical (unpaired) electrons. The second-order valence-electron chi connectivity index (χ2n) is 6.44. The molecule has 0 spiro atoms. The molecular formula is C18H17N7O5. The van der Waals surface area contributed by atoms with Gasteiger partial charge in [0.1, 0.15) is 12.3 Å². The van der Waals surface area contributed by atoms with Gasteiger partial charge in [-0.15, -0.1) is 5.10 Å². The van der Waals surface area contributed by atoms with Crippen molar-refractivity contribution in [3.8, 4) is 17.2 Å². The summed E-state index contributed by atoms with van der Waals surface area (Å²) in [7, 11) is 4.41. The molecule has 0 fully saturated rings. The molecule has 0 bridgehead atoms. The third-order valence-electron chi connectivity index (χ3n) is 4.52. The first-order valence-electron chi connectivity index (χ1n) is 8.77. The summed E-state index contributed by atoms with van der Waals surface area (Å²) in [5, 5.41) is 10.2. The van der Waals surface area contributed by atoms with Crippen molar-refractivity contribution < 1.29 is 13.9 Å². The standard InChI is InChI=1S/C18H17N7O5/c1-23-14-13(16(27)24(2)18(23)28)25(9-19-14)8-12(26)20-17-22-21-15(30-17)10-5-4-6-11(7-10)29-3/h4-7,9H,8H2,1-3H3,(H,20,22,26). The number of amides is 1. The van der Waals surface area contributed by atoms with Crippen molar-refractivity contribution >= 4 is 23.1 Å². The van der Waals surface area contributed by atoms with Crippen molar-refractivity contribution in [2.24, 2.45) is 14.1 Å². The molecule has 0 saturated carbocycles. The van der Waals surface area contributed by atoms with Crippen LogP contribution in [0.4, 0.5) is 6.01 Å². The lowest BCUT2D eigenvalue weighted by atomic mass is 10.2. The fourth-order valence-corrected chi connectivity index (χ4v) is 2.98. The highest BCUT2D eigenvalue weighted by Crippen LogP contribution is 2.23. The fraction of sp³-hybridized carbons (Fsp3) is 0.222. The van der Waals surface area contributed by atoms with Gasteiger partial charge in [0.05, 0.1) is 13.4 Å². The average Bonchev–Trinajstić information content (AvgIpc) is 3.38. The van der Waals surface area contributed by atoms with Crippen molar-refractivity contribution in [3.05, 3.63) is 51.4 Å². The second-order valence-corrected chi connectivity index (χ2v) is 6.44. The Morgan fingerprint density at radius 1 is 1.20 bits per heavy atom. The summed E-state index contributed by atoms with van der Waals surface area (Å²) in [6.45, 7) is -0.235. The van der Waals surface area contributed by atoms with E-state index >= 15 is 0 Å². The monoisotopic (exact) mass is 411 g/mol. The predicted octanol–water partition coefficient (Wildman–Crippen LogP) is 0.131. The normalized spacial score (nSPS) is 11.0. The molecule has 0 aliphatic heterocycles. The molecule has 154 valence electrons. The Kier molecular flexibility index (Phi) is 4.66. The van der Waals surface area contributed by atoms with E-state index < -0.39 is 17.2 Å². The first kappa shape index (κ1) is 19.1. The van der Waals surface area contributed by atoms with E-state index in [1.165, 1.54) is 29.6 Å². The zero-order valence-electron chi connectivity index (χ0n) is 16.3. The van der Waals surface area contributed by atoms with Gasteiger partial charge in [-0.2, -0.15) is 0 Å². The number of aromatic nitrogens is 6. The Balaban J connectivity index is 1.56. The molecule has 30 heavy (non-hydrogen) atoms. The van der Waals surface area contributed by atoms with Crippen LogP contribution in [0.3, 0.4) is 0 Å². The van der Waals surface area contributed by atoms with Crippen LogP contribution in [0.25, 0.3) is 22.6 Å². The number of hydrogen-bond acceptors (Lipinski definition) is 8. The summed E-state index contributed by atoms with van der Waals surface area (Å²) in [5.74, 6) is 0.325. The first-order valence-corrected chi connectivity index (χ1v) is 8.77. The lowest BCUT2D eigenvalue weighted by Gasteiger charge is -2.06. The number of ether oxygens (including phenoxy) is 1. The largest absolute Gasteiger partial charge is 0.497 e. The van der Waals surface area contributed by atoms with Crippen molar-refractivity contribution in [1.29, 1.82) is 0 Å². The predicted molar refractivity (Wildman–Crippen MR) is 105 cm³/mol. The summed E-state index contributed by atoms with van der Waals surface area (Å²) >= 11 is 0. The summed E-state index contributed by atoms with van der Waals surface area (Å²) in [4.78, 5) is 40.9. The first-order chi connectivity index (χ1) is 14.4. The number of anilines is 1. The zero-order valence-corrected chi connectivity index (χ0v) is 16.3. The molecule has 4 aromatic rings. The third-order valence-corrected chi connectivity index (χ3v) is 4.52. The molecule has 0 aliphatic carbocycles. The van der Waals surface area contributed by atoms with E-state index in [1.54, 1.807) is 31.4 Å². The molecule has 0 unspecified atom stereocenters. The van der Waals surface area contributed by atoms with E-state index in [1.807, 2.05) is 0 Å². The van der Waals surface area contributed by atoms with Crippen LogP contribution >= 0.6 is 0 Å². The van der Waals surface area contributed by atoms with E-state index in [0.717, 1.165) is 4.57 Å². The number of hydrogen-bond donors (Lipinski definition) is 1. The highest BCUT2D eigenvalue weighted by atomic mass is 16.5. The van der Waals surface area contributed by atoms with Crippen LogP contribution in [0.2, 0.25) is 0 Å². The van der Waals surface area contributed by atoms with E-state index in [9.17, 15) is 14.4 Å². The summed E-state index contributed by atoms with van der Waals surface area (Å²) < 4.78 is 14.2. The molecule has 12 heteroatoms. The number of benzene rings is 1. The van der Waals surface area contributed by atoms with Gasteiger partial charge < -0.3 is 13.7 Å². The minimum absolute atomic E-state index is 0.0949. The highest BCUT2D eigenvalue weighted by molar-refractivity contribution is 5.89. The number of methoxy groups -OCH3 is 1. The van der Waals surface area contributed by atoms with Gasteiger partial charge in [0.15, 0.2) is 11.2 Å². The van der Waals surface area contributed by atoms with Gasteiger partial charge in [0.25, 0.3) is 5.56 Å². The summed E-state index contributed by atoms with van der Waals surface area (Å²) in [6, 6.07) is 6.94. The Labute approximate surface area is 168 Å². The Morgan fingerprint density at radius 2 is 2.00 bits per heavy atom. The maximum absolute atomic E-state index is 12.4. The molecule has 1 aromatic carbocycles. The van der Waals surface area contributed by atoms with Crippen LogP contribution in [-0.2, 0) is 25.4 Å². The van der Waals surface area contributed by atoms with Gasteiger partial charge in [-0.05, 0) is 18.2 Å². The van der Waals surface area contributed by atoms with Crippen molar-refractivity contribution in [1.82, 2.24) is 28.9 Å². The van der Waals surface area contributed by atoms with Crippen molar-refractivity contribution in [2.75, 3.05) is 12.4 Å². The Morgan fingerprint density at radius 3 is 2.77 bits per heavy atom. The van der Waals surface area contributed by atoms with Gasteiger partial charge in [-0.25, -0.2) is 9.78 Å². The maximum Gasteiger partial charge on any atom is 0.332 e. The SMILES string of the molecule is COc1cccc(-c2nnc(NC(=O)Cn3cnc4c3c(=O)n(C)c(=O)n4C)o2)c1. The maximum atomic E-state index is 12.4. The highest BCUT2D eigenvalue weighted by Gasteiger charge is 2.17. The van der Waals surface area contributed by atoms with Crippen LogP contribution in [0.5, 0.6) is 5.75 Å². The number of carbonyl (C=O) groups excluding carboxylic acids is 1. The third kappa shape index (κ3) is 3.23. The summed E-state index contributed by atoms with van der Waals surface area (Å²) in [5.41, 5.74) is -0.0895. The fourth-order valence-electron chi connectivity index (χ4n) is 2.98. The summed E-state index contributed by atoms with van der Waals surface area (Å²) in [6.07, 6.45) is 1.32. The number of imidazole rings is 1. The molecule has 1 amide bonds. The van der Waals surface area contributed by atoms with E-state index in [2.05, 4.69) is 20.5 Å². The lowest BCUT2D eigenvalue weighted by Crippen LogP contribution is -2.37. The van der Waals surface area contributed by atoms with Gasteiger partial charge in [0.2, 0.25) is 11.8 Å². The molecule has 3 heterocycles.